The van der Waals surface area contributed by atoms with Gasteiger partial charge in [0.05, 0.1) is 0 Å². The minimum absolute atomic E-state index is 0.0260. The molecule has 1 atom stereocenters. The molecule has 0 radical (unpaired) electrons. The van der Waals surface area contributed by atoms with Gasteiger partial charge in [-0.3, -0.25) is 4.98 Å². The van der Waals surface area contributed by atoms with Crippen LogP contribution in [0.1, 0.15) is 79.0 Å². The first-order valence-corrected chi connectivity index (χ1v) is 9.37. The average molecular weight is 355 g/mol. The lowest BCUT2D eigenvalue weighted by atomic mass is 9.74. The summed E-state index contributed by atoms with van der Waals surface area (Å²) in [7, 11) is 0. The maximum Gasteiger partial charge on any atom is 0.143 e. The topological polar surface area (TPSA) is 40.4 Å². The molecular formula is C23H34N2O. The number of nitrogens with one attached hydrogen (secondary N) is 1. The van der Waals surface area contributed by atoms with Crippen LogP contribution in [0, 0.1) is 5.21 Å². The second kappa shape index (κ2) is 6.79. The molecule has 1 aromatic carbocycles. The second-order valence-electron chi connectivity index (χ2n) is 10.3. The molecule has 0 saturated heterocycles. The summed E-state index contributed by atoms with van der Waals surface area (Å²) in [6, 6.07) is 8.09. The summed E-state index contributed by atoms with van der Waals surface area (Å²) in [5.74, 6) is 0. The van der Waals surface area contributed by atoms with Crippen molar-refractivity contribution in [3.63, 3.8) is 0 Å². The zero-order valence-corrected chi connectivity index (χ0v) is 17.8. The molecule has 1 heterocycles. The summed E-state index contributed by atoms with van der Waals surface area (Å²) in [5.41, 5.74) is 4.84. The van der Waals surface area contributed by atoms with Crippen molar-refractivity contribution < 1.29 is 5.06 Å². The molecule has 0 aliphatic heterocycles. The molecule has 1 unspecified atom stereocenters. The van der Waals surface area contributed by atoms with Crippen LogP contribution < -0.4 is 5.06 Å². The highest BCUT2D eigenvalue weighted by atomic mass is 16.5. The quantitative estimate of drug-likeness (QED) is 0.741. The van der Waals surface area contributed by atoms with E-state index in [2.05, 4.69) is 79.4 Å². The lowest BCUT2D eigenvalue weighted by Crippen LogP contribution is -2.97. The lowest BCUT2D eigenvalue weighted by Gasteiger charge is -2.36. The maximum absolute atomic E-state index is 13.5. The number of benzene rings is 1. The highest BCUT2D eigenvalue weighted by Crippen LogP contribution is 2.40. The fraction of sp³-hybridized carbons (Fsp3) is 0.522. The van der Waals surface area contributed by atoms with E-state index in [-0.39, 0.29) is 21.3 Å². The minimum atomic E-state index is -0.126. The third-order valence-corrected chi connectivity index (χ3v) is 4.79. The Labute approximate surface area is 159 Å². The van der Waals surface area contributed by atoms with Gasteiger partial charge in [0.1, 0.15) is 11.4 Å². The molecule has 0 spiro atoms. The SMILES string of the molecule is CC(C)(C)c1cc(C(C)(C)C)c([NH+]([O-])c2ccncc2)c(C(C)(C)C)c1. The van der Waals surface area contributed by atoms with Crippen LogP contribution in [-0.4, -0.2) is 4.98 Å². The molecule has 3 heteroatoms. The summed E-state index contributed by atoms with van der Waals surface area (Å²) in [5, 5.41) is 13.6. The molecule has 0 fully saturated rings. The molecule has 0 aliphatic carbocycles. The van der Waals surface area contributed by atoms with E-state index < -0.39 is 0 Å². The van der Waals surface area contributed by atoms with Crippen LogP contribution in [0.15, 0.2) is 36.7 Å². The number of pyridine rings is 1. The van der Waals surface area contributed by atoms with Crippen LogP contribution in [0.25, 0.3) is 0 Å². The van der Waals surface area contributed by atoms with Crippen molar-refractivity contribution in [2.24, 2.45) is 0 Å². The summed E-state index contributed by atoms with van der Waals surface area (Å²) in [6.07, 6.45) is 3.37. The second-order valence-corrected chi connectivity index (χ2v) is 10.3. The van der Waals surface area contributed by atoms with E-state index in [1.54, 1.807) is 24.5 Å². The zero-order chi connectivity index (χ0) is 19.9. The van der Waals surface area contributed by atoms with Gasteiger partial charge in [0, 0.05) is 35.7 Å². The van der Waals surface area contributed by atoms with Gasteiger partial charge in [-0.1, -0.05) is 62.3 Å². The van der Waals surface area contributed by atoms with Crippen LogP contribution in [0.5, 0.6) is 0 Å². The van der Waals surface area contributed by atoms with Gasteiger partial charge in [-0.2, -0.15) is 0 Å². The molecule has 0 amide bonds. The van der Waals surface area contributed by atoms with Crippen molar-refractivity contribution >= 4 is 11.4 Å². The number of rotatable bonds is 2. The molecule has 0 bridgehead atoms. The highest BCUT2D eigenvalue weighted by molar-refractivity contribution is 5.58. The molecular weight excluding hydrogens is 320 g/mol. The van der Waals surface area contributed by atoms with Gasteiger partial charge in [0.25, 0.3) is 0 Å². The maximum atomic E-state index is 13.5. The van der Waals surface area contributed by atoms with E-state index in [0.717, 1.165) is 16.8 Å². The number of nitrogens with zero attached hydrogens (tertiary/aromatic N) is 1. The van der Waals surface area contributed by atoms with E-state index in [0.29, 0.717) is 5.69 Å². The Balaban J connectivity index is 2.87. The molecule has 2 rings (SSSR count). The Bertz CT molecular complexity index is 725. The smallest absolute Gasteiger partial charge is 0.143 e. The molecule has 3 nitrogen and oxygen atoms in total. The Morgan fingerprint density at radius 1 is 0.731 bits per heavy atom. The zero-order valence-electron chi connectivity index (χ0n) is 17.8. The Morgan fingerprint density at radius 2 is 1.15 bits per heavy atom. The van der Waals surface area contributed by atoms with Gasteiger partial charge < -0.3 is 10.3 Å². The molecule has 1 aromatic heterocycles. The third kappa shape index (κ3) is 4.33. The van der Waals surface area contributed by atoms with E-state index in [9.17, 15) is 5.21 Å². The predicted molar refractivity (Wildman–Crippen MR) is 110 cm³/mol. The highest BCUT2D eigenvalue weighted by Gasteiger charge is 2.33. The Morgan fingerprint density at radius 3 is 1.50 bits per heavy atom. The van der Waals surface area contributed by atoms with Crippen molar-refractivity contribution in [2.45, 2.75) is 78.6 Å². The fourth-order valence-corrected chi connectivity index (χ4v) is 3.15. The number of aromatic nitrogens is 1. The number of quaternary nitrogens is 1. The normalized spacial score (nSPS) is 14.4. The van der Waals surface area contributed by atoms with E-state index >= 15 is 0 Å². The van der Waals surface area contributed by atoms with Crippen molar-refractivity contribution in [3.8, 4) is 0 Å². The predicted octanol–water partition coefficient (Wildman–Crippen LogP) is 5.32. The molecule has 2 aromatic rings. The van der Waals surface area contributed by atoms with Crippen molar-refractivity contribution in [1.29, 1.82) is 0 Å². The van der Waals surface area contributed by atoms with Gasteiger partial charge in [0.15, 0.2) is 0 Å². The van der Waals surface area contributed by atoms with Crippen LogP contribution >= 0.6 is 0 Å². The first kappa shape index (κ1) is 20.6. The average Bonchev–Trinajstić information content (AvgIpc) is 2.51. The van der Waals surface area contributed by atoms with Gasteiger partial charge in [-0.05, 0) is 33.9 Å². The van der Waals surface area contributed by atoms with Gasteiger partial charge in [-0.25, -0.2) is 0 Å². The lowest BCUT2D eigenvalue weighted by molar-refractivity contribution is -0.699. The van der Waals surface area contributed by atoms with Crippen molar-refractivity contribution in [1.82, 2.24) is 4.98 Å². The van der Waals surface area contributed by atoms with E-state index in [1.807, 2.05) is 0 Å². The minimum Gasteiger partial charge on any atom is -0.623 e. The van der Waals surface area contributed by atoms with Gasteiger partial charge in [-0.15, -0.1) is 0 Å². The standard InChI is InChI=1S/C23H34N2O/c1-21(2,3)16-14-18(22(4,5)6)20(19(15-16)23(7,8)9)25(26)17-10-12-24-13-11-17/h10-15,25H,1-9H3. The van der Waals surface area contributed by atoms with Crippen LogP contribution in [0.3, 0.4) is 0 Å². The van der Waals surface area contributed by atoms with Crippen molar-refractivity contribution in [2.75, 3.05) is 0 Å². The van der Waals surface area contributed by atoms with Crippen LogP contribution in [-0.2, 0) is 16.2 Å². The largest absolute Gasteiger partial charge is 0.623 e. The summed E-state index contributed by atoms with van der Waals surface area (Å²) >= 11 is 0. The van der Waals surface area contributed by atoms with Crippen LogP contribution in [0.4, 0.5) is 11.4 Å². The third-order valence-electron chi connectivity index (χ3n) is 4.79. The molecule has 142 valence electrons. The first-order chi connectivity index (χ1) is 11.7. The molecule has 26 heavy (non-hydrogen) atoms. The summed E-state index contributed by atoms with van der Waals surface area (Å²) in [4.78, 5) is 4.06. The molecule has 0 saturated carbocycles. The van der Waals surface area contributed by atoms with E-state index in [1.165, 1.54) is 5.56 Å². The Kier molecular flexibility index (Phi) is 5.38. The summed E-state index contributed by atoms with van der Waals surface area (Å²) in [6.45, 7) is 19.8. The van der Waals surface area contributed by atoms with Gasteiger partial charge in [0.2, 0.25) is 0 Å². The number of hydrogen-bond donors (Lipinski definition) is 1. The summed E-state index contributed by atoms with van der Waals surface area (Å²) < 4.78 is 0. The monoisotopic (exact) mass is 354 g/mol. The Hall–Kier alpha value is -1.71. The number of hydrogen-bond acceptors (Lipinski definition) is 2. The van der Waals surface area contributed by atoms with Gasteiger partial charge >= 0.3 is 0 Å². The van der Waals surface area contributed by atoms with E-state index in [4.69, 9.17) is 0 Å². The fourth-order valence-electron chi connectivity index (χ4n) is 3.15. The van der Waals surface area contributed by atoms with Crippen LogP contribution in [0.2, 0.25) is 0 Å². The first-order valence-electron chi connectivity index (χ1n) is 9.37. The molecule has 0 aliphatic rings. The molecule has 1 N–H and O–H groups in total. The van der Waals surface area contributed by atoms with Crippen molar-refractivity contribution in [3.05, 3.63) is 58.6 Å².